The topological polar surface area (TPSA) is 91.5 Å². The van der Waals surface area contributed by atoms with Crippen LogP contribution < -0.4 is 5.73 Å². The van der Waals surface area contributed by atoms with Gasteiger partial charge in [0.25, 0.3) is 0 Å². The van der Waals surface area contributed by atoms with Gasteiger partial charge in [0.2, 0.25) is 0 Å². The van der Waals surface area contributed by atoms with Gasteiger partial charge in [-0.05, 0) is 26.8 Å². The second-order valence-corrected chi connectivity index (χ2v) is 5.95. The van der Waals surface area contributed by atoms with Crippen LogP contribution in [0.15, 0.2) is 17.3 Å². The maximum atomic E-state index is 11.6. The van der Waals surface area contributed by atoms with Gasteiger partial charge in [0.15, 0.2) is 0 Å². The molecule has 1 aromatic rings. The minimum atomic E-state index is -0.545. The van der Waals surface area contributed by atoms with Gasteiger partial charge in [-0.2, -0.15) is 0 Å². The zero-order valence-corrected chi connectivity index (χ0v) is 12.7. The summed E-state index contributed by atoms with van der Waals surface area (Å²) in [5.41, 5.74) is 5.63. The number of aromatic nitrogens is 1. The van der Waals surface area contributed by atoms with Gasteiger partial charge in [0, 0.05) is 0 Å². The maximum absolute atomic E-state index is 11.6. The molecule has 0 saturated heterocycles. The molecule has 1 aromatic heterocycles. The third-order valence-electron chi connectivity index (χ3n) is 2.02. The van der Waals surface area contributed by atoms with Gasteiger partial charge in [-0.1, -0.05) is 11.8 Å². The van der Waals surface area contributed by atoms with Crippen molar-refractivity contribution in [2.75, 3.05) is 18.6 Å². The quantitative estimate of drug-likeness (QED) is 0.670. The largest absolute Gasteiger partial charge is 0.465 e. The molecule has 6 nitrogen and oxygen atoms in total. The van der Waals surface area contributed by atoms with Crippen molar-refractivity contribution >= 4 is 29.4 Å². The van der Waals surface area contributed by atoms with Gasteiger partial charge in [0.1, 0.15) is 10.6 Å². The fourth-order valence-corrected chi connectivity index (χ4v) is 2.08. The lowest BCUT2D eigenvalue weighted by atomic mass is 10.2. The third kappa shape index (κ3) is 5.08. The second-order valence-electron chi connectivity index (χ2n) is 4.99. The van der Waals surface area contributed by atoms with Crippen LogP contribution in [0.4, 0.5) is 5.69 Å². The molecule has 0 aliphatic rings. The molecule has 7 heteroatoms. The number of nitrogen functional groups attached to an aromatic ring is 1. The van der Waals surface area contributed by atoms with Gasteiger partial charge in [-0.25, -0.2) is 9.78 Å². The Morgan fingerprint density at radius 3 is 2.60 bits per heavy atom. The van der Waals surface area contributed by atoms with E-state index in [1.807, 2.05) is 0 Å². The number of methoxy groups -OCH3 is 1. The number of anilines is 1. The molecule has 0 aliphatic carbocycles. The number of nitrogens with zero attached hydrogens (tertiary/aromatic N) is 1. The number of carbonyl (C=O) groups is 2. The number of pyridine rings is 1. The molecule has 0 radical (unpaired) electrons. The van der Waals surface area contributed by atoms with Crippen molar-refractivity contribution in [3.05, 3.63) is 17.8 Å². The first-order valence-corrected chi connectivity index (χ1v) is 6.90. The Morgan fingerprint density at radius 2 is 2.05 bits per heavy atom. The van der Waals surface area contributed by atoms with Crippen molar-refractivity contribution < 1.29 is 19.1 Å². The van der Waals surface area contributed by atoms with E-state index in [0.29, 0.717) is 10.7 Å². The summed E-state index contributed by atoms with van der Waals surface area (Å²) < 4.78 is 9.84. The summed E-state index contributed by atoms with van der Waals surface area (Å²) in [6, 6.07) is 1.47. The first-order chi connectivity index (χ1) is 9.23. The normalized spacial score (nSPS) is 11.0. The number of hydrogen-bond donors (Lipinski definition) is 1. The summed E-state index contributed by atoms with van der Waals surface area (Å²) in [5, 5.41) is 0.386. The number of carbonyl (C=O) groups excluding carboxylic acids is 2. The Hall–Kier alpha value is -1.76. The SMILES string of the molecule is COC(=O)c1cc(N)cnc1SCC(=O)OC(C)(C)C. The van der Waals surface area contributed by atoms with Crippen LogP contribution in [0.3, 0.4) is 0 Å². The summed E-state index contributed by atoms with van der Waals surface area (Å²) >= 11 is 1.11. The molecular weight excluding hydrogens is 280 g/mol. The lowest BCUT2D eigenvalue weighted by Gasteiger charge is -2.19. The molecule has 1 rings (SSSR count). The van der Waals surface area contributed by atoms with Gasteiger partial charge in [0.05, 0.1) is 30.3 Å². The van der Waals surface area contributed by atoms with E-state index in [-0.39, 0.29) is 17.3 Å². The van der Waals surface area contributed by atoms with Crippen LogP contribution in [0.1, 0.15) is 31.1 Å². The van der Waals surface area contributed by atoms with E-state index < -0.39 is 11.6 Å². The number of rotatable bonds is 4. The van der Waals surface area contributed by atoms with E-state index in [1.165, 1.54) is 19.4 Å². The highest BCUT2D eigenvalue weighted by Gasteiger charge is 2.19. The Bertz CT molecular complexity index is 512. The highest BCUT2D eigenvalue weighted by atomic mass is 32.2. The lowest BCUT2D eigenvalue weighted by molar-refractivity contribution is -0.151. The molecule has 0 fully saturated rings. The molecule has 110 valence electrons. The number of thioether (sulfide) groups is 1. The number of nitrogens with two attached hydrogens (primary N) is 1. The fourth-order valence-electron chi connectivity index (χ4n) is 1.34. The third-order valence-corrected chi connectivity index (χ3v) is 3.00. The summed E-state index contributed by atoms with van der Waals surface area (Å²) in [7, 11) is 1.27. The van der Waals surface area contributed by atoms with Crippen LogP contribution in [0.5, 0.6) is 0 Å². The van der Waals surface area contributed by atoms with Gasteiger partial charge in [-0.3, -0.25) is 4.79 Å². The van der Waals surface area contributed by atoms with Crippen LogP contribution in [-0.4, -0.2) is 35.4 Å². The molecule has 0 atom stereocenters. The molecule has 0 aromatic carbocycles. The van der Waals surface area contributed by atoms with E-state index in [1.54, 1.807) is 20.8 Å². The first kappa shape index (κ1) is 16.3. The lowest BCUT2D eigenvalue weighted by Crippen LogP contribution is -2.25. The molecule has 2 N–H and O–H groups in total. The van der Waals surface area contributed by atoms with E-state index in [2.05, 4.69) is 9.72 Å². The van der Waals surface area contributed by atoms with Crippen molar-refractivity contribution in [1.29, 1.82) is 0 Å². The Labute approximate surface area is 122 Å². The van der Waals surface area contributed by atoms with Gasteiger partial charge < -0.3 is 15.2 Å². The summed E-state index contributed by atoms with van der Waals surface area (Å²) in [4.78, 5) is 27.3. The molecule has 0 amide bonds. The van der Waals surface area contributed by atoms with Crippen LogP contribution in [0.25, 0.3) is 0 Å². The predicted molar refractivity (Wildman–Crippen MR) is 76.6 cm³/mol. The van der Waals surface area contributed by atoms with Crippen molar-refractivity contribution in [3.8, 4) is 0 Å². The van der Waals surface area contributed by atoms with Crippen LogP contribution >= 0.6 is 11.8 Å². The molecule has 0 unspecified atom stereocenters. The standard InChI is InChI=1S/C13H18N2O4S/c1-13(2,3)19-10(16)7-20-11-9(12(17)18-4)5-8(14)6-15-11/h5-6H,7,14H2,1-4H3. The Kier molecular flexibility index (Phi) is 5.38. The van der Waals surface area contributed by atoms with E-state index in [0.717, 1.165) is 11.8 Å². The molecule has 0 spiro atoms. The summed E-state index contributed by atoms with van der Waals surface area (Å²) in [5.74, 6) is -0.869. The molecule has 0 bridgehead atoms. The highest BCUT2D eigenvalue weighted by molar-refractivity contribution is 8.00. The average molecular weight is 298 g/mol. The summed E-state index contributed by atoms with van der Waals surface area (Å²) in [6.45, 7) is 5.37. The fraction of sp³-hybridized carbons (Fsp3) is 0.462. The predicted octanol–water partition coefficient (Wildman–Crippen LogP) is 1.88. The minimum absolute atomic E-state index is 0.0538. The van der Waals surface area contributed by atoms with Crippen molar-refractivity contribution in [2.24, 2.45) is 0 Å². The van der Waals surface area contributed by atoms with Gasteiger partial charge >= 0.3 is 11.9 Å². The van der Waals surface area contributed by atoms with Crippen molar-refractivity contribution in [2.45, 2.75) is 31.4 Å². The summed E-state index contributed by atoms with van der Waals surface area (Å²) in [6.07, 6.45) is 1.42. The zero-order chi connectivity index (χ0) is 15.3. The number of esters is 2. The molecule has 1 heterocycles. The van der Waals surface area contributed by atoms with Crippen LogP contribution in [-0.2, 0) is 14.3 Å². The zero-order valence-electron chi connectivity index (χ0n) is 11.9. The Morgan fingerprint density at radius 1 is 1.40 bits per heavy atom. The van der Waals surface area contributed by atoms with E-state index in [4.69, 9.17) is 10.5 Å². The van der Waals surface area contributed by atoms with E-state index >= 15 is 0 Å². The minimum Gasteiger partial charge on any atom is -0.465 e. The van der Waals surface area contributed by atoms with E-state index in [9.17, 15) is 9.59 Å². The molecule has 0 aliphatic heterocycles. The van der Waals surface area contributed by atoms with Gasteiger partial charge in [-0.15, -0.1) is 0 Å². The molecule has 20 heavy (non-hydrogen) atoms. The van der Waals surface area contributed by atoms with Crippen LogP contribution in [0, 0.1) is 0 Å². The molecular formula is C13H18N2O4S. The maximum Gasteiger partial charge on any atom is 0.340 e. The number of hydrogen-bond acceptors (Lipinski definition) is 7. The monoisotopic (exact) mass is 298 g/mol. The first-order valence-electron chi connectivity index (χ1n) is 5.91. The number of ether oxygens (including phenoxy) is 2. The van der Waals surface area contributed by atoms with Crippen molar-refractivity contribution in [3.63, 3.8) is 0 Å². The Balaban J connectivity index is 2.78. The highest BCUT2D eigenvalue weighted by Crippen LogP contribution is 2.23. The average Bonchev–Trinajstić information content (AvgIpc) is 2.34. The van der Waals surface area contributed by atoms with Crippen molar-refractivity contribution in [1.82, 2.24) is 4.98 Å². The second kappa shape index (κ2) is 6.60. The smallest absolute Gasteiger partial charge is 0.340 e. The molecule has 0 saturated carbocycles. The van der Waals surface area contributed by atoms with Crippen LogP contribution in [0.2, 0.25) is 0 Å².